The molecule has 0 aliphatic rings. The average Bonchev–Trinajstić information content (AvgIpc) is 2.90. The Bertz CT molecular complexity index is 685. The summed E-state index contributed by atoms with van der Waals surface area (Å²) in [5.41, 5.74) is 0.318. The number of esters is 1. The van der Waals surface area contributed by atoms with Crippen LogP contribution in [0.25, 0.3) is 0 Å². The fourth-order valence-electron chi connectivity index (χ4n) is 1.53. The van der Waals surface area contributed by atoms with Crippen molar-refractivity contribution in [1.29, 1.82) is 0 Å². The lowest BCUT2D eigenvalue weighted by Gasteiger charge is -2.04. The smallest absolute Gasteiger partial charge is 0.369 e. The summed E-state index contributed by atoms with van der Waals surface area (Å²) in [5, 5.41) is 18.4. The van der Waals surface area contributed by atoms with Crippen molar-refractivity contribution >= 4 is 23.0 Å². The van der Waals surface area contributed by atoms with E-state index in [1.807, 2.05) is 0 Å². The van der Waals surface area contributed by atoms with Crippen LogP contribution in [0.2, 0.25) is 0 Å². The third-order valence-corrected chi connectivity index (χ3v) is 3.29. The van der Waals surface area contributed by atoms with Gasteiger partial charge in [-0.3, -0.25) is 10.1 Å². The second-order valence-electron chi connectivity index (χ2n) is 3.85. The lowest BCUT2D eigenvalue weighted by molar-refractivity contribution is -0.385. The molecule has 2 aromatic rings. The van der Waals surface area contributed by atoms with Gasteiger partial charge in [-0.25, -0.2) is 4.79 Å². The second kappa shape index (κ2) is 6.27. The first-order valence-electron chi connectivity index (χ1n) is 5.95. The Kier molecular flexibility index (Phi) is 4.43. The summed E-state index contributed by atoms with van der Waals surface area (Å²) in [7, 11) is 0. The Hall–Kier alpha value is -2.55. The molecule has 0 fully saturated rings. The molecule has 0 aliphatic carbocycles. The molecule has 0 atom stereocenters. The first-order valence-corrected chi connectivity index (χ1v) is 6.77. The number of aromatic nitrogens is 2. The van der Waals surface area contributed by atoms with Crippen molar-refractivity contribution < 1.29 is 19.2 Å². The lowest BCUT2D eigenvalue weighted by Crippen LogP contribution is -2.03. The molecule has 1 aromatic carbocycles. The van der Waals surface area contributed by atoms with Crippen LogP contribution in [-0.4, -0.2) is 27.7 Å². The normalized spacial score (nSPS) is 10.2. The Morgan fingerprint density at radius 3 is 2.86 bits per heavy atom. The SMILES string of the molecule is CCOC(=O)c1nnc(Oc2cccc([N+](=O)[O-])c2C)s1. The highest BCUT2D eigenvalue weighted by atomic mass is 32.1. The van der Waals surface area contributed by atoms with Gasteiger partial charge >= 0.3 is 5.97 Å². The summed E-state index contributed by atoms with van der Waals surface area (Å²) >= 11 is 0.910. The fraction of sp³-hybridized carbons (Fsp3) is 0.250. The molecule has 0 amide bonds. The molecule has 0 bridgehead atoms. The molecule has 0 unspecified atom stereocenters. The fourth-order valence-corrected chi connectivity index (χ4v) is 2.13. The summed E-state index contributed by atoms with van der Waals surface area (Å²) in [5.74, 6) is -0.295. The average molecular weight is 309 g/mol. The molecule has 0 N–H and O–H groups in total. The summed E-state index contributed by atoms with van der Waals surface area (Å²) in [6, 6.07) is 4.47. The molecule has 0 radical (unpaired) electrons. The van der Waals surface area contributed by atoms with Gasteiger partial charge in [0.25, 0.3) is 10.9 Å². The third-order valence-electron chi connectivity index (χ3n) is 2.51. The van der Waals surface area contributed by atoms with Crippen molar-refractivity contribution in [3.8, 4) is 10.9 Å². The van der Waals surface area contributed by atoms with E-state index in [2.05, 4.69) is 10.2 Å². The van der Waals surface area contributed by atoms with Crippen molar-refractivity contribution in [2.24, 2.45) is 0 Å². The van der Waals surface area contributed by atoms with Gasteiger partial charge < -0.3 is 9.47 Å². The van der Waals surface area contributed by atoms with Gasteiger partial charge in [0.1, 0.15) is 5.75 Å². The largest absolute Gasteiger partial charge is 0.461 e. The minimum absolute atomic E-state index is 0.0531. The van der Waals surface area contributed by atoms with Crippen molar-refractivity contribution in [2.75, 3.05) is 6.61 Å². The Labute approximate surface area is 123 Å². The maximum absolute atomic E-state index is 11.5. The minimum atomic E-state index is -0.583. The Balaban J connectivity index is 2.21. The highest BCUT2D eigenvalue weighted by molar-refractivity contribution is 7.14. The molecule has 21 heavy (non-hydrogen) atoms. The topological polar surface area (TPSA) is 104 Å². The quantitative estimate of drug-likeness (QED) is 0.475. The number of rotatable bonds is 5. The van der Waals surface area contributed by atoms with Gasteiger partial charge in [0.05, 0.1) is 17.1 Å². The van der Waals surface area contributed by atoms with Gasteiger partial charge in [-0.2, -0.15) is 0 Å². The van der Waals surface area contributed by atoms with Crippen LogP contribution in [0, 0.1) is 17.0 Å². The first-order chi connectivity index (χ1) is 10.0. The lowest BCUT2D eigenvalue weighted by atomic mass is 10.2. The van der Waals surface area contributed by atoms with E-state index in [0.717, 1.165) is 11.3 Å². The van der Waals surface area contributed by atoms with Crippen LogP contribution in [0.4, 0.5) is 5.69 Å². The highest BCUT2D eigenvalue weighted by Gasteiger charge is 2.18. The van der Waals surface area contributed by atoms with E-state index < -0.39 is 10.9 Å². The van der Waals surface area contributed by atoms with E-state index in [1.165, 1.54) is 12.1 Å². The Morgan fingerprint density at radius 2 is 2.19 bits per heavy atom. The first kappa shape index (κ1) is 14.9. The third kappa shape index (κ3) is 3.31. The number of carbonyl (C=O) groups excluding carboxylic acids is 1. The number of ether oxygens (including phenoxy) is 2. The predicted octanol–water partition coefficient (Wildman–Crippen LogP) is 2.72. The standard InChI is InChI=1S/C12H11N3O5S/c1-3-19-11(16)10-13-14-12(21-10)20-9-6-4-5-8(7(9)2)15(17)18/h4-6H,3H2,1-2H3. The molecule has 0 saturated heterocycles. The highest BCUT2D eigenvalue weighted by Crippen LogP contribution is 2.32. The van der Waals surface area contributed by atoms with E-state index >= 15 is 0 Å². The number of nitro benzene ring substituents is 1. The molecule has 110 valence electrons. The molecule has 8 nitrogen and oxygen atoms in total. The van der Waals surface area contributed by atoms with Crippen molar-refractivity contribution in [2.45, 2.75) is 13.8 Å². The number of benzene rings is 1. The van der Waals surface area contributed by atoms with Crippen LogP contribution in [0.1, 0.15) is 22.3 Å². The van der Waals surface area contributed by atoms with E-state index in [4.69, 9.17) is 9.47 Å². The number of hydrogen-bond acceptors (Lipinski definition) is 8. The van der Waals surface area contributed by atoms with Crippen molar-refractivity contribution in [1.82, 2.24) is 10.2 Å². The van der Waals surface area contributed by atoms with Crippen LogP contribution >= 0.6 is 11.3 Å². The summed E-state index contributed by atoms with van der Waals surface area (Å²) in [4.78, 5) is 21.8. The molecular formula is C12H11N3O5S. The van der Waals surface area contributed by atoms with Crippen LogP contribution < -0.4 is 4.74 Å². The molecule has 0 aliphatic heterocycles. The second-order valence-corrected chi connectivity index (χ2v) is 4.79. The van der Waals surface area contributed by atoms with E-state index in [0.29, 0.717) is 5.56 Å². The zero-order chi connectivity index (χ0) is 15.4. The van der Waals surface area contributed by atoms with Crippen LogP contribution in [0.5, 0.6) is 10.9 Å². The van der Waals surface area contributed by atoms with Crippen molar-refractivity contribution in [3.63, 3.8) is 0 Å². The molecule has 1 heterocycles. The maximum Gasteiger partial charge on any atom is 0.369 e. The van der Waals surface area contributed by atoms with E-state index in [-0.39, 0.29) is 28.2 Å². The zero-order valence-electron chi connectivity index (χ0n) is 11.2. The molecule has 0 saturated carbocycles. The summed E-state index contributed by atoms with van der Waals surface area (Å²) in [6.45, 7) is 3.49. The van der Waals surface area contributed by atoms with Gasteiger partial charge in [-0.15, -0.1) is 5.10 Å². The number of nitrogens with zero attached hydrogens (tertiary/aromatic N) is 3. The number of hydrogen-bond donors (Lipinski definition) is 0. The molecule has 0 spiro atoms. The number of carbonyl (C=O) groups is 1. The van der Waals surface area contributed by atoms with Gasteiger partial charge in [0, 0.05) is 6.07 Å². The van der Waals surface area contributed by atoms with Crippen LogP contribution in [0.3, 0.4) is 0 Å². The van der Waals surface area contributed by atoms with Gasteiger partial charge in [0.2, 0.25) is 5.01 Å². The molecule has 1 aromatic heterocycles. The van der Waals surface area contributed by atoms with Crippen molar-refractivity contribution in [3.05, 3.63) is 38.9 Å². The predicted molar refractivity (Wildman–Crippen MR) is 73.8 cm³/mol. The summed E-state index contributed by atoms with van der Waals surface area (Å²) in [6.07, 6.45) is 0. The van der Waals surface area contributed by atoms with Gasteiger partial charge in [0.15, 0.2) is 0 Å². The zero-order valence-corrected chi connectivity index (χ0v) is 12.0. The van der Waals surface area contributed by atoms with Gasteiger partial charge in [-0.1, -0.05) is 11.2 Å². The minimum Gasteiger partial charge on any atom is -0.461 e. The maximum atomic E-state index is 11.5. The van der Waals surface area contributed by atoms with Gasteiger partial charge in [-0.05, 0) is 31.3 Å². The molecular weight excluding hydrogens is 298 g/mol. The van der Waals surface area contributed by atoms with Crippen LogP contribution in [0.15, 0.2) is 18.2 Å². The molecule has 2 rings (SSSR count). The Morgan fingerprint density at radius 1 is 1.43 bits per heavy atom. The molecule has 9 heteroatoms. The van der Waals surface area contributed by atoms with E-state index in [9.17, 15) is 14.9 Å². The number of nitro groups is 1. The summed E-state index contributed by atoms with van der Waals surface area (Å²) < 4.78 is 10.2. The monoisotopic (exact) mass is 309 g/mol. The van der Waals surface area contributed by atoms with Crippen LogP contribution in [-0.2, 0) is 4.74 Å². The van der Waals surface area contributed by atoms with E-state index in [1.54, 1.807) is 19.9 Å².